The molecule has 0 radical (unpaired) electrons. The molecule has 182 valence electrons. The highest BCUT2D eigenvalue weighted by atomic mass is 79.9. The summed E-state index contributed by atoms with van der Waals surface area (Å²) in [6.07, 6.45) is 4.79. The van der Waals surface area contributed by atoms with Crippen LogP contribution >= 0.6 is 27.7 Å². The van der Waals surface area contributed by atoms with E-state index in [2.05, 4.69) is 21.2 Å². The zero-order valence-electron chi connectivity index (χ0n) is 19.7. The lowest BCUT2D eigenvalue weighted by molar-refractivity contribution is -0.139. The molecule has 3 aromatic carbocycles. The van der Waals surface area contributed by atoms with E-state index >= 15 is 0 Å². The van der Waals surface area contributed by atoms with Crippen LogP contribution in [-0.2, 0) is 22.6 Å². The van der Waals surface area contributed by atoms with Crippen molar-refractivity contribution in [2.75, 3.05) is 5.75 Å². The molecule has 1 aliphatic carbocycles. The Bertz CT molecular complexity index is 1090. The summed E-state index contributed by atoms with van der Waals surface area (Å²) in [7, 11) is 0. The van der Waals surface area contributed by atoms with Gasteiger partial charge in [0.1, 0.15) is 6.04 Å². The fourth-order valence-electron chi connectivity index (χ4n) is 4.45. The first kappa shape index (κ1) is 25.5. The second-order valence-corrected chi connectivity index (χ2v) is 10.9. The number of hydrogen-bond acceptors (Lipinski definition) is 3. The van der Waals surface area contributed by atoms with E-state index in [-0.39, 0.29) is 23.6 Å². The van der Waals surface area contributed by atoms with Crippen molar-refractivity contribution in [1.29, 1.82) is 0 Å². The van der Waals surface area contributed by atoms with Crippen LogP contribution in [0.25, 0.3) is 0 Å². The number of carbonyl (C=O) groups excluding carboxylic acids is 2. The molecule has 0 bridgehead atoms. The van der Waals surface area contributed by atoms with Gasteiger partial charge in [0.25, 0.3) is 0 Å². The van der Waals surface area contributed by atoms with E-state index in [1.54, 1.807) is 4.90 Å². The SMILES string of the molecule is O=C(NC1CCCC1)C(Cc1ccccc1)N(Cc1ccc(Br)cc1)C(=O)CSc1ccccc1. The van der Waals surface area contributed by atoms with Crippen LogP contribution in [-0.4, -0.2) is 34.6 Å². The maximum atomic E-state index is 13.7. The van der Waals surface area contributed by atoms with Gasteiger partial charge in [0.2, 0.25) is 11.8 Å². The number of thioether (sulfide) groups is 1. The average Bonchev–Trinajstić information content (AvgIpc) is 3.40. The lowest BCUT2D eigenvalue weighted by atomic mass is 10.0. The van der Waals surface area contributed by atoms with Crippen LogP contribution in [0.2, 0.25) is 0 Å². The molecular formula is C29H31BrN2O2S. The van der Waals surface area contributed by atoms with Crippen LogP contribution in [0.4, 0.5) is 0 Å². The van der Waals surface area contributed by atoms with Crippen LogP contribution in [0.1, 0.15) is 36.8 Å². The maximum absolute atomic E-state index is 13.7. The molecule has 1 fully saturated rings. The predicted molar refractivity (Wildman–Crippen MR) is 146 cm³/mol. The molecule has 2 amide bonds. The van der Waals surface area contributed by atoms with E-state index in [0.29, 0.717) is 13.0 Å². The third-order valence-corrected chi connectivity index (χ3v) is 7.87. The van der Waals surface area contributed by atoms with Crippen LogP contribution < -0.4 is 5.32 Å². The van der Waals surface area contributed by atoms with Gasteiger partial charge in [0.15, 0.2) is 0 Å². The van der Waals surface area contributed by atoms with E-state index in [1.165, 1.54) is 11.8 Å². The summed E-state index contributed by atoms with van der Waals surface area (Å²) >= 11 is 5.00. The van der Waals surface area contributed by atoms with Gasteiger partial charge in [-0.25, -0.2) is 0 Å². The van der Waals surface area contributed by atoms with Crippen molar-refractivity contribution < 1.29 is 9.59 Å². The highest BCUT2D eigenvalue weighted by Gasteiger charge is 2.32. The third-order valence-electron chi connectivity index (χ3n) is 6.34. The van der Waals surface area contributed by atoms with E-state index in [1.807, 2.05) is 84.9 Å². The maximum Gasteiger partial charge on any atom is 0.243 e. The zero-order chi connectivity index (χ0) is 24.5. The Kier molecular flexibility index (Phi) is 9.43. The minimum Gasteiger partial charge on any atom is -0.352 e. The molecule has 0 saturated heterocycles. The molecule has 4 rings (SSSR count). The van der Waals surface area contributed by atoms with Gasteiger partial charge in [0.05, 0.1) is 5.75 Å². The van der Waals surface area contributed by atoms with Crippen molar-refractivity contribution in [2.45, 2.75) is 55.6 Å². The van der Waals surface area contributed by atoms with Gasteiger partial charge >= 0.3 is 0 Å². The Hall–Kier alpha value is -2.57. The molecule has 3 aromatic rings. The number of rotatable bonds is 10. The largest absolute Gasteiger partial charge is 0.352 e. The Morgan fingerprint density at radius 2 is 1.51 bits per heavy atom. The molecule has 4 nitrogen and oxygen atoms in total. The highest BCUT2D eigenvalue weighted by molar-refractivity contribution is 9.10. The molecule has 6 heteroatoms. The topological polar surface area (TPSA) is 49.4 Å². The van der Waals surface area contributed by atoms with Crippen LogP contribution in [0.15, 0.2) is 94.3 Å². The molecule has 0 aromatic heterocycles. The molecular weight excluding hydrogens is 520 g/mol. The molecule has 1 saturated carbocycles. The summed E-state index contributed by atoms with van der Waals surface area (Å²) in [4.78, 5) is 30.1. The standard InChI is InChI=1S/C29H31BrN2O2S/c30-24-17-15-23(16-18-24)20-32(28(33)21-35-26-13-5-2-6-14-26)27(19-22-9-3-1-4-10-22)29(34)31-25-11-7-8-12-25/h1-6,9-10,13-18,25,27H,7-8,11-12,19-21H2,(H,31,34). The van der Waals surface area contributed by atoms with Gasteiger partial charge in [-0.05, 0) is 48.2 Å². The second-order valence-electron chi connectivity index (χ2n) is 8.95. The molecule has 0 aliphatic heterocycles. The summed E-state index contributed by atoms with van der Waals surface area (Å²) in [5.41, 5.74) is 2.04. The van der Waals surface area contributed by atoms with Gasteiger partial charge in [0, 0.05) is 28.4 Å². The molecule has 1 unspecified atom stereocenters. The predicted octanol–water partition coefficient (Wildman–Crippen LogP) is 6.24. The van der Waals surface area contributed by atoms with Gasteiger partial charge in [-0.1, -0.05) is 89.4 Å². The zero-order valence-corrected chi connectivity index (χ0v) is 22.1. The van der Waals surface area contributed by atoms with E-state index < -0.39 is 6.04 Å². The Morgan fingerprint density at radius 3 is 2.17 bits per heavy atom. The first-order chi connectivity index (χ1) is 17.1. The monoisotopic (exact) mass is 550 g/mol. The quantitative estimate of drug-likeness (QED) is 0.304. The number of benzene rings is 3. The fraction of sp³-hybridized carbons (Fsp3) is 0.310. The van der Waals surface area contributed by atoms with Crippen LogP contribution in [0.3, 0.4) is 0 Å². The summed E-state index contributed by atoms with van der Waals surface area (Å²) in [5.74, 6) is 0.183. The second kappa shape index (κ2) is 12.9. The van der Waals surface area contributed by atoms with E-state index in [9.17, 15) is 9.59 Å². The number of hydrogen-bond donors (Lipinski definition) is 1. The first-order valence-electron chi connectivity index (χ1n) is 12.1. The molecule has 0 spiro atoms. The van der Waals surface area contributed by atoms with Crippen molar-refractivity contribution in [2.24, 2.45) is 0 Å². The summed E-state index contributed by atoms with van der Waals surface area (Å²) in [5, 5.41) is 3.26. The summed E-state index contributed by atoms with van der Waals surface area (Å²) < 4.78 is 0.985. The van der Waals surface area contributed by atoms with E-state index in [0.717, 1.165) is 46.2 Å². The lowest BCUT2D eigenvalue weighted by Gasteiger charge is -2.32. The van der Waals surface area contributed by atoms with Crippen molar-refractivity contribution >= 4 is 39.5 Å². The lowest BCUT2D eigenvalue weighted by Crippen LogP contribution is -2.52. The van der Waals surface area contributed by atoms with Crippen molar-refractivity contribution in [3.63, 3.8) is 0 Å². The minimum absolute atomic E-state index is 0.0377. The van der Waals surface area contributed by atoms with Crippen molar-refractivity contribution in [3.05, 3.63) is 101 Å². The number of carbonyl (C=O) groups is 2. The van der Waals surface area contributed by atoms with Crippen molar-refractivity contribution in [3.8, 4) is 0 Å². The van der Waals surface area contributed by atoms with Gasteiger partial charge in [-0.2, -0.15) is 0 Å². The molecule has 1 atom stereocenters. The van der Waals surface area contributed by atoms with Gasteiger partial charge < -0.3 is 10.2 Å². The normalized spacial score (nSPS) is 14.4. The van der Waals surface area contributed by atoms with E-state index in [4.69, 9.17) is 0 Å². The Balaban J connectivity index is 1.60. The Morgan fingerprint density at radius 1 is 0.886 bits per heavy atom. The number of nitrogens with zero attached hydrogens (tertiary/aromatic N) is 1. The van der Waals surface area contributed by atoms with Crippen LogP contribution in [0, 0.1) is 0 Å². The summed E-state index contributed by atoms with van der Waals surface area (Å²) in [6, 6.07) is 27.5. The van der Waals surface area contributed by atoms with Crippen LogP contribution in [0.5, 0.6) is 0 Å². The number of nitrogens with one attached hydrogen (secondary N) is 1. The molecule has 1 N–H and O–H groups in total. The fourth-order valence-corrected chi connectivity index (χ4v) is 5.52. The smallest absolute Gasteiger partial charge is 0.243 e. The van der Waals surface area contributed by atoms with Gasteiger partial charge in [-0.15, -0.1) is 11.8 Å². The number of amides is 2. The summed E-state index contributed by atoms with van der Waals surface area (Å²) in [6.45, 7) is 0.386. The highest BCUT2D eigenvalue weighted by Crippen LogP contribution is 2.23. The molecule has 35 heavy (non-hydrogen) atoms. The molecule has 0 heterocycles. The van der Waals surface area contributed by atoms with Crippen molar-refractivity contribution in [1.82, 2.24) is 10.2 Å². The third kappa shape index (κ3) is 7.71. The molecule has 1 aliphatic rings. The first-order valence-corrected chi connectivity index (χ1v) is 13.9. The Labute approximate surface area is 220 Å². The number of halogens is 1. The average molecular weight is 552 g/mol. The van der Waals surface area contributed by atoms with Gasteiger partial charge in [-0.3, -0.25) is 9.59 Å². The minimum atomic E-state index is -0.578.